The number of hydrogen-bond donors (Lipinski definition) is 1. The van der Waals surface area contributed by atoms with Gasteiger partial charge in [0.05, 0.1) is 0 Å². The highest BCUT2D eigenvalue weighted by molar-refractivity contribution is 6.30. The fourth-order valence-electron chi connectivity index (χ4n) is 2.24. The Morgan fingerprint density at radius 1 is 1.10 bits per heavy atom. The maximum atomic E-state index is 6.12. The zero-order valence-electron chi connectivity index (χ0n) is 13.9. The lowest BCUT2D eigenvalue weighted by molar-refractivity contribution is 0.103. The molecule has 1 rings (SSSR count). The van der Waals surface area contributed by atoms with Crippen molar-refractivity contribution in [3.05, 3.63) is 34.9 Å². The molecule has 0 amide bonds. The average Bonchev–Trinajstić information content (AvgIpc) is 2.40. The lowest BCUT2D eigenvalue weighted by atomic mass is 9.96. The summed E-state index contributed by atoms with van der Waals surface area (Å²) in [6.07, 6.45) is 1.03. The van der Waals surface area contributed by atoms with Crippen LogP contribution in [0.2, 0.25) is 5.02 Å². The van der Waals surface area contributed by atoms with Crippen LogP contribution in [0.25, 0.3) is 0 Å². The molecule has 1 atom stereocenters. The first-order chi connectivity index (χ1) is 9.99. The maximum Gasteiger partial charge on any atom is 0.0488 e. The third-order valence-electron chi connectivity index (χ3n) is 3.33. The topological polar surface area (TPSA) is 21.3 Å². The van der Waals surface area contributed by atoms with Crippen molar-refractivity contribution in [1.82, 2.24) is 5.32 Å². The molecule has 21 heavy (non-hydrogen) atoms. The zero-order chi connectivity index (χ0) is 15.7. The van der Waals surface area contributed by atoms with Crippen molar-refractivity contribution in [2.75, 3.05) is 26.3 Å². The number of ether oxygens (including phenoxy) is 1. The summed E-state index contributed by atoms with van der Waals surface area (Å²) >= 11 is 6.12. The molecule has 0 spiro atoms. The summed E-state index contributed by atoms with van der Waals surface area (Å²) in [5.41, 5.74) is 1.30. The largest absolute Gasteiger partial charge is 0.381 e. The van der Waals surface area contributed by atoms with Crippen LogP contribution < -0.4 is 5.32 Å². The van der Waals surface area contributed by atoms with Gasteiger partial charge in [0.1, 0.15) is 0 Å². The number of rotatable bonds is 10. The van der Waals surface area contributed by atoms with Crippen molar-refractivity contribution < 1.29 is 4.74 Å². The first kappa shape index (κ1) is 18.5. The predicted molar refractivity (Wildman–Crippen MR) is 92.2 cm³/mol. The second kappa shape index (κ2) is 10.2. The van der Waals surface area contributed by atoms with Gasteiger partial charge in [-0.2, -0.15) is 0 Å². The van der Waals surface area contributed by atoms with Gasteiger partial charge in [0.15, 0.2) is 0 Å². The molecule has 3 heteroatoms. The van der Waals surface area contributed by atoms with Gasteiger partial charge in [0.25, 0.3) is 0 Å². The minimum atomic E-state index is 0.453. The van der Waals surface area contributed by atoms with Crippen LogP contribution in [-0.2, 0) is 4.74 Å². The van der Waals surface area contributed by atoms with Crippen LogP contribution >= 0.6 is 11.6 Å². The molecule has 0 aliphatic carbocycles. The first-order valence-electron chi connectivity index (χ1n) is 8.03. The molecule has 0 aromatic heterocycles. The molecular formula is C18H30ClNO. The highest BCUT2D eigenvalue weighted by Gasteiger charge is 2.12. The Balaban J connectivity index is 2.53. The van der Waals surface area contributed by atoms with Crippen molar-refractivity contribution in [2.45, 2.75) is 40.0 Å². The van der Waals surface area contributed by atoms with Crippen molar-refractivity contribution in [3.63, 3.8) is 0 Å². The van der Waals surface area contributed by atoms with E-state index in [1.54, 1.807) is 0 Å². The van der Waals surface area contributed by atoms with Gasteiger partial charge in [-0.15, -0.1) is 0 Å². The highest BCUT2D eigenvalue weighted by atomic mass is 35.5. The van der Waals surface area contributed by atoms with E-state index in [9.17, 15) is 0 Å². The molecule has 120 valence electrons. The molecule has 0 heterocycles. The van der Waals surface area contributed by atoms with Crippen LogP contribution in [0.4, 0.5) is 0 Å². The summed E-state index contributed by atoms with van der Waals surface area (Å²) < 4.78 is 5.74. The predicted octanol–water partition coefficient (Wildman–Crippen LogP) is 4.73. The Hall–Kier alpha value is -0.570. The van der Waals surface area contributed by atoms with E-state index in [1.807, 2.05) is 12.1 Å². The molecule has 0 bridgehead atoms. The smallest absolute Gasteiger partial charge is 0.0488 e. The standard InChI is InChI=1S/C18H30ClNO/c1-14(2)11-20-12-17(8-9-21-13-15(3)4)16-6-5-7-18(19)10-16/h5-7,10,14-15,17,20H,8-9,11-13H2,1-4H3. The van der Waals surface area contributed by atoms with E-state index in [0.29, 0.717) is 17.8 Å². The van der Waals surface area contributed by atoms with Gasteiger partial charge in [0.2, 0.25) is 0 Å². The van der Waals surface area contributed by atoms with Gasteiger partial charge >= 0.3 is 0 Å². The second-order valence-corrected chi connectivity index (χ2v) is 7.00. The number of halogens is 1. The fourth-order valence-corrected chi connectivity index (χ4v) is 2.44. The van der Waals surface area contributed by atoms with E-state index >= 15 is 0 Å². The third-order valence-corrected chi connectivity index (χ3v) is 3.56. The molecule has 0 saturated heterocycles. The molecule has 1 unspecified atom stereocenters. The van der Waals surface area contributed by atoms with Gasteiger partial charge in [-0.05, 0) is 48.4 Å². The maximum absolute atomic E-state index is 6.12. The van der Waals surface area contributed by atoms with E-state index in [0.717, 1.165) is 37.7 Å². The van der Waals surface area contributed by atoms with Gasteiger partial charge < -0.3 is 10.1 Å². The number of nitrogens with one attached hydrogen (secondary N) is 1. The normalized spacial score (nSPS) is 13.1. The molecule has 0 aliphatic heterocycles. The van der Waals surface area contributed by atoms with Gasteiger partial charge in [0, 0.05) is 24.8 Å². The van der Waals surface area contributed by atoms with E-state index in [-0.39, 0.29) is 0 Å². The van der Waals surface area contributed by atoms with Crippen LogP contribution in [0.15, 0.2) is 24.3 Å². The van der Waals surface area contributed by atoms with Crippen LogP contribution in [0, 0.1) is 11.8 Å². The fraction of sp³-hybridized carbons (Fsp3) is 0.667. The number of benzene rings is 1. The number of hydrogen-bond acceptors (Lipinski definition) is 2. The van der Waals surface area contributed by atoms with E-state index in [1.165, 1.54) is 5.56 Å². The summed E-state index contributed by atoms with van der Waals surface area (Å²) in [4.78, 5) is 0. The monoisotopic (exact) mass is 311 g/mol. The Morgan fingerprint density at radius 2 is 1.86 bits per heavy atom. The van der Waals surface area contributed by atoms with Crippen molar-refractivity contribution in [1.29, 1.82) is 0 Å². The minimum absolute atomic E-state index is 0.453. The summed E-state index contributed by atoms with van der Waals surface area (Å²) in [6, 6.07) is 8.20. The van der Waals surface area contributed by atoms with E-state index in [2.05, 4.69) is 45.1 Å². The quantitative estimate of drug-likeness (QED) is 0.631. The summed E-state index contributed by atoms with van der Waals surface area (Å²) in [7, 11) is 0. The van der Waals surface area contributed by atoms with Gasteiger partial charge in [-0.25, -0.2) is 0 Å². The minimum Gasteiger partial charge on any atom is -0.381 e. The van der Waals surface area contributed by atoms with Gasteiger partial charge in [-0.3, -0.25) is 0 Å². The Kier molecular flexibility index (Phi) is 8.98. The molecule has 2 nitrogen and oxygen atoms in total. The highest BCUT2D eigenvalue weighted by Crippen LogP contribution is 2.22. The van der Waals surface area contributed by atoms with Crippen LogP contribution in [0.3, 0.4) is 0 Å². The molecule has 0 aliphatic rings. The molecule has 1 N–H and O–H groups in total. The molecular weight excluding hydrogens is 282 g/mol. The molecule has 1 aromatic rings. The van der Waals surface area contributed by atoms with Crippen molar-refractivity contribution in [3.8, 4) is 0 Å². The first-order valence-corrected chi connectivity index (χ1v) is 8.40. The molecule has 0 fully saturated rings. The van der Waals surface area contributed by atoms with Gasteiger partial charge in [-0.1, -0.05) is 51.4 Å². The van der Waals surface area contributed by atoms with Crippen LogP contribution in [0.5, 0.6) is 0 Å². The summed E-state index contributed by atoms with van der Waals surface area (Å²) in [6.45, 7) is 12.5. The summed E-state index contributed by atoms with van der Waals surface area (Å²) in [5, 5.41) is 4.36. The Labute approximate surface area is 135 Å². The van der Waals surface area contributed by atoms with Crippen molar-refractivity contribution >= 4 is 11.6 Å². The third kappa shape index (κ3) is 8.45. The lowest BCUT2D eigenvalue weighted by Gasteiger charge is -2.19. The SMILES string of the molecule is CC(C)CNCC(CCOCC(C)C)c1cccc(Cl)c1. The zero-order valence-corrected chi connectivity index (χ0v) is 14.6. The van der Waals surface area contributed by atoms with Crippen molar-refractivity contribution in [2.24, 2.45) is 11.8 Å². The molecule has 0 radical (unpaired) electrons. The summed E-state index contributed by atoms with van der Waals surface area (Å²) in [5.74, 6) is 1.71. The van der Waals surface area contributed by atoms with E-state index in [4.69, 9.17) is 16.3 Å². The Bertz CT molecular complexity index is 393. The average molecular weight is 312 g/mol. The molecule has 1 aromatic carbocycles. The van der Waals surface area contributed by atoms with Crippen LogP contribution in [0.1, 0.15) is 45.6 Å². The van der Waals surface area contributed by atoms with Crippen LogP contribution in [-0.4, -0.2) is 26.3 Å². The second-order valence-electron chi connectivity index (χ2n) is 6.56. The Morgan fingerprint density at radius 3 is 2.48 bits per heavy atom. The lowest BCUT2D eigenvalue weighted by Crippen LogP contribution is -2.26. The van der Waals surface area contributed by atoms with E-state index < -0.39 is 0 Å². The molecule has 0 saturated carbocycles.